The van der Waals surface area contributed by atoms with Gasteiger partial charge in [0.05, 0.1) is 19.6 Å². The van der Waals surface area contributed by atoms with E-state index in [1.54, 1.807) is 7.11 Å². The van der Waals surface area contributed by atoms with Crippen LogP contribution in [0.3, 0.4) is 0 Å². The standard InChI is InChI=1S/C11H8I2O3/c1-5-3-8(14)16-11-7(13)4-6(12)10(15-2)9(5)11/h3-4H,1-2H3. The smallest absolute Gasteiger partial charge is 0.336 e. The fourth-order valence-electron chi connectivity index (χ4n) is 1.62. The Balaban J connectivity index is 3.05. The summed E-state index contributed by atoms with van der Waals surface area (Å²) in [5.41, 5.74) is 1.15. The van der Waals surface area contributed by atoms with Crippen LogP contribution in [-0.4, -0.2) is 7.11 Å². The molecular weight excluding hydrogens is 434 g/mol. The fourth-order valence-corrected chi connectivity index (χ4v) is 3.71. The van der Waals surface area contributed by atoms with Gasteiger partial charge in [-0.15, -0.1) is 0 Å². The van der Waals surface area contributed by atoms with Crippen LogP contribution in [-0.2, 0) is 0 Å². The highest BCUT2D eigenvalue weighted by atomic mass is 127. The normalized spacial score (nSPS) is 10.8. The summed E-state index contributed by atoms with van der Waals surface area (Å²) in [4.78, 5) is 11.3. The number of rotatable bonds is 1. The molecule has 1 heterocycles. The number of benzene rings is 1. The highest BCUT2D eigenvalue weighted by Crippen LogP contribution is 2.35. The molecule has 5 heteroatoms. The van der Waals surface area contributed by atoms with Crippen LogP contribution in [0.5, 0.6) is 5.75 Å². The Morgan fingerprint density at radius 3 is 2.56 bits per heavy atom. The summed E-state index contributed by atoms with van der Waals surface area (Å²) in [5, 5.41) is 0.874. The van der Waals surface area contributed by atoms with Gasteiger partial charge in [-0.05, 0) is 63.7 Å². The van der Waals surface area contributed by atoms with Crippen LogP contribution in [0.15, 0.2) is 21.3 Å². The first-order valence-electron chi connectivity index (χ1n) is 4.51. The summed E-state index contributed by atoms with van der Waals surface area (Å²) >= 11 is 4.37. The number of ether oxygens (including phenoxy) is 1. The van der Waals surface area contributed by atoms with E-state index < -0.39 is 0 Å². The molecule has 0 bridgehead atoms. The lowest BCUT2D eigenvalue weighted by atomic mass is 10.1. The average Bonchev–Trinajstić information content (AvgIpc) is 2.20. The lowest BCUT2D eigenvalue weighted by Gasteiger charge is -2.10. The van der Waals surface area contributed by atoms with Gasteiger partial charge in [-0.2, -0.15) is 0 Å². The summed E-state index contributed by atoms with van der Waals surface area (Å²) in [7, 11) is 1.62. The Labute approximate surface area is 119 Å². The van der Waals surface area contributed by atoms with Gasteiger partial charge in [-0.1, -0.05) is 0 Å². The first kappa shape index (κ1) is 12.2. The SMILES string of the molecule is COc1c(I)cc(I)c2oc(=O)cc(C)c12. The Morgan fingerprint density at radius 2 is 1.94 bits per heavy atom. The second-order valence-corrected chi connectivity index (χ2v) is 5.65. The number of halogens is 2. The van der Waals surface area contributed by atoms with E-state index >= 15 is 0 Å². The Hall–Kier alpha value is -0.310. The molecule has 1 aromatic carbocycles. The van der Waals surface area contributed by atoms with Crippen molar-refractivity contribution in [2.24, 2.45) is 0 Å². The largest absolute Gasteiger partial charge is 0.495 e. The van der Waals surface area contributed by atoms with Crippen molar-refractivity contribution in [2.75, 3.05) is 7.11 Å². The molecule has 16 heavy (non-hydrogen) atoms. The second kappa shape index (κ2) is 4.52. The molecule has 2 aromatic rings. The molecule has 0 aliphatic carbocycles. The van der Waals surface area contributed by atoms with Crippen LogP contribution in [0.4, 0.5) is 0 Å². The molecule has 0 spiro atoms. The van der Waals surface area contributed by atoms with E-state index in [1.807, 2.05) is 13.0 Å². The third kappa shape index (κ3) is 1.94. The molecule has 0 aliphatic heterocycles. The molecule has 0 saturated carbocycles. The van der Waals surface area contributed by atoms with Crippen molar-refractivity contribution in [1.82, 2.24) is 0 Å². The van der Waals surface area contributed by atoms with Crippen LogP contribution in [0, 0.1) is 14.1 Å². The quantitative estimate of drug-likeness (QED) is 0.503. The van der Waals surface area contributed by atoms with Gasteiger partial charge in [0.1, 0.15) is 5.75 Å². The van der Waals surface area contributed by atoms with Gasteiger partial charge in [0.15, 0.2) is 5.58 Å². The predicted octanol–water partition coefficient (Wildman–Crippen LogP) is 3.32. The molecule has 0 fully saturated rings. The van der Waals surface area contributed by atoms with Crippen molar-refractivity contribution in [2.45, 2.75) is 6.92 Å². The second-order valence-electron chi connectivity index (χ2n) is 3.33. The number of aryl methyl sites for hydroxylation is 1. The molecule has 0 radical (unpaired) electrons. The van der Waals surface area contributed by atoms with Crippen LogP contribution in [0.2, 0.25) is 0 Å². The van der Waals surface area contributed by atoms with Crippen LogP contribution in [0.1, 0.15) is 5.56 Å². The van der Waals surface area contributed by atoms with Gasteiger partial charge in [-0.3, -0.25) is 0 Å². The zero-order chi connectivity index (χ0) is 11.9. The van der Waals surface area contributed by atoms with Crippen molar-refractivity contribution in [3.05, 3.63) is 35.3 Å². The van der Waals surface area contributed by atoms with Crippen LogP contribution >= 0.6 is 45.2 Å². The monoisotopic (exact) mass is 442 g/mol. The van der Waals surface area contributed by atoms with Gasteiger partial charge in [0.2, 0.25) is 0 Å². The minimum absolute atomic E-state index is 0.328. The molecule has 1 aromatic heterocycles. The van der Waals surface area contributed by atoms with Crippen molar-refractivity contribution < 1.29 is 9.15 Å². The van der Waals surface area contributed by atoms with Gasteiger partial charge in [0, 0.05) is 6.07 Å². The number of fused-ring (bicyclic) bond motifs is 1. The molecule has 2 rings (SSSR count). The number of hydrogen-bond acceptors (Lipinski definition) is 3. The third-order valence-electron chi connectivity index (χ3n) is 2.28. The van der Waals surface area contributed by atoms with Gasteiger partial charge >= 0.3 is 5.63 Å². The van der Waals surface area contributed by atoms with Gasteiger partial charge in [0.25, 0.3) is 0 Å². The van der Waals surface area contributed by atoms with Gasteiger partial charge < -0.3 is 9.15 Å². The van der Waals surface area contributed by atoms with E-state index in [4.69, 9.17) is 9.15 Å². The average molecular weight is 442 g/mol. The zero-order valence-corrected chi connectivity index (χ0v) is 13.0. The summed E-state index contributed by atoms with van der Waals surface area (Å²) in [5.74, 6) is 0.761. The molecule has 84 valence electrons. The van der Waals surface area contributed by atoms with E-state index in [0.29, 0.717) is 5.58 Å². The maximum absolute atomic E-state index is 11.3. The number of methoxy groups -OCH3 is 1. The van der Waals surface area contributed by atoms with Gasteiger partial charge in [-0.25, -0.2) is 4.79 Å². The lowest BCUT2D eigenvalue weighted by molar-refractivity contribution is 0.415. The first-order chi connectivity index (χ1) is 7.54. The van der Waals surface area contributed by atoms with E-state index in [2.05, 4.69) is 45.2 Å². The molecule has 0 amide bonds. The fraction of sp³-hybridized carbons (Fsp3) is 0.182. The highest BCUT2D eigenvalue weighted by molar-refractivity contribution is 14.1. The van der Waals surface area contributed by atoms with Crippen molar-refractivity contribution >= 4 is 56.2 Å². The molecule has 0 aliphatic rings. The van der Waals surface area contributed by atoms with E-state index in [-0.39, 0.29) is 5.63 Å². The molecular formula is C11H8I2O3. The highest BCUT2D eigenvalue weighted by Gasteiger charge is 2.14. The topological polar surface area (TPSA) is 39.4 Å². The predicted molar refractivity (Wildman–Crippen MR) is 79.2 cm³/mol. The zero-order valence-electron chi connectivity index (χ0n) is 8.64. The summed E-state index contributed by atoms with van der Waals surface area (Å²) in [6.45, 7) is 1.88. The summed E-state index contributed by atoms with van der Waals surface area (Å²) in [6.07, 6.45) is 0. The molecule has 0 saturated heterocycles. The Morgan fingerprint density at radius 1 is 1.25 bits per heavy atom. The Kier molecular flexibility index (Phi) is 3.43. The van der Waals surface area contributed by atoms with Crippen molar-refractivity contribution in [1.29, 1.82) is 0 Å². The minimum Gasteiger partial charge on any atom is -0.495 e. The molecule has 0 N–H and O–H groups in total. The summed E-state index contributed by atoms with van der Waals surface area (Å²) in [6, 6.07) is 3.42. The van der Waals surface area contributed by atoms with Crippen LogP contribution in [0.25, 0.3) is 11.0 Å². The number of hydrogen-bond donors (Lipinski definition) is 0. The maximum Gasteiger partial charge on any atom is 0.336 e. The molecule has 0 atom stereocenters. The Bertz CT molecular complexity index is 617. The molecule has 0 unspecified atom stereocenters. The van der Waals surface area contributed by atoms with E-state index in [9.17, 15) is 4.79 Å². The lowest BCUT2D eigenvalue weighted by Crippen LogP contribution is -2.01. The van der Waals surface area contributed by atoms with Crippen LogP contribution < -0.4 is 10.4 Å². The minimum atomic E-state index is -0.328. The third-order valence-corrected chi connectivity index (χ3v) is 3.88. The van der Waals surface area contributed by atoms with Crippen molar-refractivity contribution in [3.8, 4) is 5.75 Å². The summed E-state index contributed by atoms with van der Waals surface area (Å²) < 4.78 is 12.5. The van der Waals surface area contributed by atoms with Crippen molar-refractivity contribution in [3.63, 3.8) is 0 Å². The molecule has 3 nitrogen and oxygen atoms in total. The maximum atomic E-state index is 11.3. The van der Waals surface area contributed by atoms with E-state index in [1.165, 1.54) is 6.07 Å². The first-order valence-corrected chi connectivity index (χ1v) is 6.66. The van der Waals surface area contributed by atoms with E-state index in [0.717, 1.165) is 23.8 Å².